The first-order valence-corrected chi connectivity index (χ1v) is 12.0. The van der Waals surface area contributed by atoms with Crippen LogP contribution in [0, 0.1) is 6.92 Å². The van der Waals surface area contributed by atoms with Gasteiger partial charge < -0.3 is 18.8 Å². The van der Waals surface area contributed by atoms with Gasteiger partial charge in [0.25, 0.3) is 0 Å². The number of aromatic nitrogens is 5. The zero-order chi connectivity index (χ0) is 24.6. The molecule has 1 aliphatic heterocycles. The summed E-state index contributed by atoms with van der Waals surface area (Å²) >= 11 is 0. The molecule has 5 aromatic rings. The Kier molecular flexibility index (Phi) is 5.56. The number of hydrogen-bond acceptors (Lipinski definition) is 6. The lowest BCUT2D eigenvalue weighted by atomic mass is 9.95. The molecule has 0 saturated heterocycles. The van der Waals surface area contributed by atoms with Crippen molar-refractivity contribution in [1.29, 1.82) is 0 Å². The molecule has 0 amide bonds. The molecule has 0 saturated carbocycles. The Bertz CT molecular complexity index is 1520. The zero-order valence-corrected chi connectivity index (χ0v) is 20.5. The fourth-order valence-electron chi connectivity index (χ4n) is 4.90. The summed E-state index contributed by atoms with van der Waals surface area (Å²) < 4.78 is 21.3. The number of ether oxygens (including phenoxy) is 3. The van der Waals surface area contributed by atoms with Crippen molar-refractivity contribution in [3.05, 3.63) is 95.5 Å². The maximum atomic E-state index is 6.40. The van der Waals surface area contributed by atoms with Crippen molar-refractivity contribution in [3.8, 4) is 23.1 Å². The molecule has 8 nitrogen and oxygen atoms in total. The van der Waals surface area contributed by atoms with Crippen LogP contribution in [0.3, 0.4) is 0 Å². The molecule has 1 unspecified atom stereocenters. The third-order valence-electron chi connectivity index (χ3n) is 6.77. The van der Waals surface area contributed by atoms with E-state index < -0.39 is 0 Å². The first-order chi connectivity index (χ1) is 17.6. The van der Waals surface area contributed by atoms with Gasteiger partial charge in [0.05, 0.1) is 37.8 Å². The first-order valence-electron chi connectivity index (χ1n) is 12.0. The summed E-state index contributed by atoms with van der Waals surface area (Å²) in [4.78, 5) is 8.65. The topological polar surface area (TPSA) is 75.7 Å². The fourth-order valence-corrected chi connectivity index (χ4v) is 4.90. The second-order valence-electron chi connectivity index (χ2n) is 8.97. The minimum absolute atomic E-state index is 0.0661. The van der Waals surface area contributed by atoms with Crippen molar-refractivity contribution in [1.82, 2.24) is 24.1 Å². The number of fused-ring (bicyclic) bond motifs is 2. The van der Waals surface area contributed by atoms with Crippen LogP contribution in [0.25, 0.3) is 11.2 Å². The second kappa shape index (κ2) is 9.03. The van der Waals surface area contributed by atoms with Gasteiger partial charge in [0.2, 0.25) is 5.88 Å². The maximum Gasteiger partial charge on any atom is 0.212 e. The minimum atomic E-state index is -0.0661. The van der Waals surface area contributed by atoms with Crippen molar-refractivity contribution in [2.24, 2.45) is 0 Å². The van der Waals surface area contributed by atoms with Gasteiger partial charge in [0.15, 0.2) is 11.5 Å². The number of methoxy groups -OCH3 is 2. The minimum Gasteiger partial charge on any atom is -0.493 e. The quantitative estimate of drug-likeness (QED) is 0.344. The van der Waals surface area contributed by atoms with E-state index in [2.05, 4.69) is 39.3 Å². The average Bonchev–Trinajstić information content (AvgIpc) is 3.53. The second-order valence-corrected chi connectivity index (χ2v) is 8.97. The molecule has 1 aliphatic rings. The summed E-state index contributed by atoms with van der Waals surface area (Å²) in [5.41, 5.74) is 6.63. The highest BCUT2D eigenvalue weighted by Crippen LogP contribution is 2.42. The first kappa shape index (κ1) is 22.2. The Hall–Kier alpha value is -4.33. The van der Waals surface area contributed by atoms with Crippen LogP contribution in [0.2, 0.25) is 0 Å². The Labute approximate surface area is 209 Å². The summed E-state index contributed by atoms with van der Waals surface area (Å²) in [5, 5.41) is 4.61. The van der Waals surface area contributed by atoms with Gasteiger partial charge in [-0.05, 0) is 55.2 Å². The Balaban J connectivity index is 1.26. The monoisotopic (exact) mass is 481 g/mol. The van der Waals surface area contributed by atoms with Crippen molar-refractivity contribution in [2.45, 2.75) is 32.3 Å². The number of benzene rings is 1. The van der Waals surface area contributed by atoms with Gasteiger partial charge in [-0.3, -0.25) is 0 Å². The molecule has 0 N–H and O–H groups in total. The molecular formula is C28H27N5O3. The molecule has 8 heteroatoms. The van der Waals surface area contributed by atoms with Gasteiger partial charge in [0, 0.05) is 42.2 Å². The predicted molar refractivity (Wildman–Crippen MR) is 135 cm³/mol. The van der Waals surface area contributed by atoms with Gasteiger partial charge >= 0.3 is 0 Å². The van der Waals surface area contributed by atoms with Crippen molar-refractivity contribution >= 4 is 5.52 Å². The van der Waals surface area contributed by atoms with E-state index in [1.807, 2.05) is 52.9 Å². The number of rotatable bonds is 6. The Morgan fingerprint density at radius 1 is 1.06 bits per heavy atom. The molecule has 0 spiro atoms. The molecule has 1 atom stereocenters. The van der Waals surface area contributed by atoms with Crippen LogP contribution in [0.1, 0.15) is 40.6 Å². The predicted octanol–water partition coefficient (Wildman–Crippen LogP) is 4.90. The lowest BCUT2D eigenvalue weighted by Gasteiger charge is -2.28. The molecule has 1 aromatic carbocycles. The maximum absolute atomic E-state index is 6.40. The molecule has 0 aliphatic carbocycles. The number of nitrogens with zero attached hydrogens (tertiary/aromatic N) is 5. The summed E-state index contributed by atoms with van der Waals surface area (Å²) in [7, 11) is 3.31. The fraction of sp³-hybridized carbons (Fsp3) is 0.250. The highest BCUT2D eigenvalue weighted by molar-refractivity contribution is 5.59. The Morgan fingerprint density at radius 2 is 1.97 bits per heavy atom. The van der Waals surface area contributed by atoms with Crippen molar-refractivity contribution in [3.63, 3.8) is 0 Å². The van der Waals surface area contributed by atoms with E-state index in [0.717, 1.165) is 64.5 Å². The zero-order valence-electron chi connectivity index (χ0n) is 20.5. The molecule has 182 valence electrons. The van der Waals surface area contributed by atoms with Crippen LogP contribution in [-0.2, 0) is 12.8 Å². The average molecular weight is 482 g/mol. The molecule has 6 rings (SSSR count). The van der Waals surface area contributed by atoms with Gasteiger partial charge in [-0.15, -0.1) is 0 Å². The van der Waals surface area contributed by atoms with E-state index in [9.17, 15) is 0 Å². The van der Waals surface area contributed by atoms with Crippen LogP contribution in [0.4, 0.5) is 0 Å². The number of aryl methyl sites for hydroxylation is 2. The summed E-state index contributed by atoms with van der Waals surface area (Å²) in [6.07, 6.45) is 12.0. The van der Waals surface area contributed by atoms with Crippen LogP contribution in [0.5, 0.6) is 17.4 Å². The SMILES string of the molecule is COc1ccc(C2CCc3cc(Cc4cnn5cc(-n6ccnc6C)ccc45)cc(OC)c3O2)cn1. The van der Waals surface area contributed by atoms with Crippen LogP contribution in [-0.4, -0.2) is 38.4 Å². The molecule has 36 heavy (non-hydrogen) atoms. The standard InChI is InChI=1S/C28H27N5O3/c1-18-29-10-11-32(18)23-6-7-24-22(16-31-33(24)17-23)13-19-12-20-4-8-25(36-28(20)26(14-19)34-2)21-5-9-27(35-3)30-15-21/h5-7,9-12,14-17,25H,4,8,13H2,1-3H3. The number of imidazole rings is 1. The summed E-state index contributed by atoms with van der Waals surface area (Å²) in [6.45, 7) is 1.99. The summed E-state index contributed by atoms with van der Waals surface area (Å²) in [6, 6.07) is 12.4. The lowest BCUT2D eigenvalue weighted by molar-refractivity contribution is 0.168. The number of pyridine rings is 2. The van der Waals surface area contributed by atoms with E-state index in [0.29, 0.717) is 5.88 Å². The van der Waals surface area contributed by atoms with E-state index in [1.54, 1.807) is 20.4 Å². The Morgan fingerprint density at radius 3 is 2.72 bits per heavy atom. The van der Waals surface area contributed by atoms with Crippen LogP contribution in [0.15, 0.2) is 67.4 Å². The van der Waals surface area contributed by atoms with E-state index >= 15 is 0 Å². The third kappa shape index (κ3) is 3.94. The molecule has 0 radical (unpaired) electrons. The number of hydrogen-bond donors (Lipinski definition) is 0. The van der Waals surface area contributed by atoms with Gasteiger partial charge in [-0.1, -0.05) is 6.07 Å². The molecular weight excluding hydrogens is 454 g/mol. The molecule has 0 fully saturated rings. The van der Waals surface area contributed by atoms with Crippen LogP contribution >= 0.6 is 0 Å². The highest BCUT2D eigenvalue weighted by Gasteiger charge is 2.25. The molecule has 5 heterocycles. The van der Waals surface area contributed by atoms with E-state index in [1.165, 1.54) is 5.56 Å². The van der Waals surface area contributed by atoms with Gasteiger partial charge in [-0.2, -0.15) is 5.10 Å². The highest BCUT2D eigenvalue weighted by atomic mass is 16.5. The van der Waals surface area contributed by atoms with E-state index in [4.69, 9.17) is 14.2 Å². The van der Waals surface area contributed by atoms with Crippen molar-refractivity contribution in [2.75, 3.05) is 14.2 Å². The van der Waals surface area contributed by atoms with Gasteiger partial charge in [0.1, 0.15) is 11.9 Å². The normalized spacial score (nSPS) is 14.9. The smallest absolute Gasteiger partial charge is 0.212 e. The molecule has 4 aromatic heterocycles. The van der Waals surface area contributed by atoms with Crippen LogP contribution < -0.4 is 14.2 Å². The lowest BCUT2D eigenvalue weighted by Crippen LogP contribution is -2.16. The third-order valence-corrected chi connectivity index (χ3v) is 6.77. The van der Waals surface area contributed by atoms with Crippen molar-refractivity contribution < 1.29 is 14.2 Å². The largest absolute Gasteiger partial charge is 0.493 e. The van der Waals surface area contributed by atoms with Gasteiger partial charge in [-0.25, -0.2) is 14.5 Å². The molecule has 0 bridgehead atoms. The van der Waals surface area contributed by atoms with E-state index in [-0.39, 0.29) is 6.10 Å². The summed E-state index contributed by atoms with van der Waals surface area (Å²) in [5.74, 6) is 3.10.